The Morgan fingerprint density at radius 1 is 1.00 bits per heavy atom. The number of aromatic nitrogens is 2. The molecule has 0 radical (unpaired) electrons. The molecule has 4 aliphatic rings. The van der Waals surface area contributed by atoms with E-state index >= 15 is 0 Å². The van der Waals surface area contributed by atoms with Gasteiger partial charge in [-0.05, 0) is 101 Å². The Morgan fingerprint density at radius 2 is 1.75 bits per heavy atom. The van der Waals surface area contributed by atoms with E-state index in [4.69, 9.17) is 15.2 Å². The number of para-hydroxylation sites is 1. The van der Waals surface area contributed by atoms with Gasteiger partial charge in [0.25, 0.3) is 0 Å². The van der Waals surface area contributed by atoms with Crippen molar-refractivity contribution >= 4 is 47.1 Å². The van der Waals surface area contributed by atoms with E-state index in [1.807, 2.05) is 62.1 Å². The maximum atomic E-state index is 13.4. The molecule has 63 heavy (non-hydrogen) atoms. The largest absolute Gasteiger partial charge is 0.488 e. The lowest BCUT2D eigenvalue weighted by molar-refractivity contribution is -0.162. The number of carboxylic acid groups (broad SMARTS) is 1. The van der Waals surface area contributed by atoms with Crippen molar-refractivity contribution in [3.63, 3.8) is 0 Å². The lowest BCUT2D eigenvalue weighted by atomic mass is 9.68. The molecule has 7 rings (SSSR count). The van der Waals surface area contributed by atoms with Crippen molar-refractivity contribution in [3.05, 3.63) is 60.2 Å². The van der Waals surface area contributed by atoms with E-state index in [0.717, 1.165) is 81.3 Å². The first kappa shape index (κ1) is 44.9. The van der Waals surface area contributed by atoms with Gasteiger partial charge >= 0.3 is 18.1 Å². The van der Waals surface area contributed by atoms with Crippen molar-refractivity contribution in [3.8, 4) is 17.0 Å². The van der Waals surface area contributed by atoms with Crippen molar-refractivity contribution in [2.45, 2.75) is 90.0 Å². The van der Waals surface area contributed by atoms with Crippen molar-refractivity contribution in [2.75, 3.05) is 67.9 Å². The molecule has 18 heteroatoms. The third-order valence-electron chi connectivity index (χ3n) is 12.4. The standard InChI is InChI=1S/C45H60N10O8/c1-44(2,3)63-43(61)54-20-15-29(16-21-54)26-53-22-23-55-32(27-53)25-48-38-36(55)24-35(51-52-38)33-8-4-5-10-37(33)62-28-30-11-13-31(14-12-30)49-39(56)34(9-6-19-47-42(46)60)50-40(57)45(41(58)59)17-7-18-45/h4-5,8,10-14,24,29,32,34H,6-7,9,15-23,25-28H2,1-3H3,(H,48,52)(H,49,56)(H,50,57)(H,58,59)(H3,46,47,60)/t32-,34-/m0/s1. The quantitative estimate of drug-likeness (QED) is 0.0919. The summed E-state index contributed by atoms with van der Waals surface area (Å²) in [7, 11) is 0. The van der Waals surface area contributed by atoms with Gasteiger partial charge in [-0.2, -0.15) is 0 Å². The number of aliphatic carboxylic acids is 1. The topological polar surface area (TPSA) is 234 Å². The molecule has 1 aliphatic carbocycles. The van der Waals surface area contributed by atoms with Crippen LogP contribution >= 0.6 is 0 Å². The lowest BCUT2D eigenvalue weighted by Crippen LogP contribution is -2.58. The van der Waals surface area contributed by atoms with E-state index in [0.29, 0.717) is 35.9 Å². The summed E-state index contributed by atoms with van der Waals surface area (Å²) in [5.74, 6) is -0.473. The van der Waals surface area contributed by atoms with E-state index in [9.17, 15) is 29.1 Å². The van der Waals surface area contributed by atoms with E-state index in [-0.39, 0.29) is 44.5 Å². The Morgan fingerprint density at radius 3 is 2.43 bits per heavy atom. The number of anilines is 3. The second-order valence-electron chi connectivity index (χ2n) is 18.0. The number of nitrogens with one attached hydrogen (secondary N) is 4. The molecule has 338 valence electrons. The third kappa shape index (κ3) is 11.1. The minimum absolute atomic E-state index is 0.154. The van der Waals surface area contributed by atoms with Gasteiger partial charge in [0.05, 0.1) is 17.4 Å². The molecule has 4 heterocycles. The molecule has 3 fully saturated rings. The van der Waals surface area contributed by atoms with Gasteiger partial charge in [0.15, 0.2) is 5.82 Å². The number of carbonyl (C=O) groups is 5. The molecule has 3 aromatic rings. The van der Waals surface area contributed by atoms with Crippen LogP contribution in [0, 0.1) is 11.3 Å². The first-order chi connectivity index (χ1) is 30.2. The van der Waals surface area contributed by atoms with E-state index in [1.54, 1.807) is 12.1 Å². The van der Waals surface area contributed by atoms with E-state index in [2.05, 4.69) is 47.3 Å². The summed E-state index contributed by atoms with van der Waals surface area (Å²) < 4.78 is 11.9. The van der Waals surface area contributed by atoms with Gasteiger partial charge in [-0.1, -0.05) is 30.7 Å². The number of likely N-dealkylation sites (tertiary alicyclic amines) is 1. The smallest absolute Gasteiger partial charge is 0.410 e. The van der Waals surface area contributed by atoms with Crippen molar-refractivity contribution in [1.82, 2.24) is 30.6 Å². The zero-order chi connectivity index (χ0) is 44.7. The van der Waals surface area contributed by atoms with Gasteiger partial charge in [0.2, 0.25) is 11.8 Å². The zero-order valence-corrected chi connectivity index (χ0v) is 36.4. The fourth-order valence-electron chi connectivity index (χ4n) is 8.67. The number of piperazine rings is 1. The summed E-state index contributed by atoms with van der Waals surface area (Å²) >= 11 is 0. The molecule has 0 bridgehead atoms. The third-order valence-corrected chi connectivity index (χ3v) is 12.4. The van der Waals surface area contributed by atoms with Crippen LogP contribution < -0.4 is 36.6 Å². The molecule has 18 nitrogen and oxygen atoms in total. The minimum Gasteiger partial charge on any atom is -0.488 e. The highest BCUT2D eigenvalue weighted by molar-refractivity contribution is 6.05. The van der Waals surface area contributed by atoms with Gasteiger partial charge in [-0.15, -0.1) is 10.2 Å². The molecule has 5 amide bonds. The fraction of sp³-hybridized carbons (Fsp3) is 0.533. The highest BCUT2D eigenvalue weighted by Crippen LogP contribution is 2.42. The highest BCUT2D eigenvalue weighted by Gasteiger charge is 2.52. The summed E-state index contributed by atoms with van der Waals surface area (Å²) in [5.41, 5.74) is 6.96. The highest BCUT2D eigenvalue weighted by atomic mass is 16.6. The number of hydrogen-bond acceptors (Lipinski definition) is 12. The van der Waals surface area contributed by atoms with Crippen molar-refractivity contribution in [2.24, 2.45) is 17.1 Å². The Kier molecular flexibility index (Phi) is 13.9. The number of amides is 5. The molecule has 1 aromatic heterocycles. The van der Waals surface area contributed by atoms with E-state index < -0.39 is 40.9 Å². The Labute approximate surface area is 367 Å². The van der Waals surface area contributed by atoms with Crippen LogP contribution in [0.5, 0.6) is 5.75 Å². The Hall–Kier alpha value is -6.17. The molecular formula is C45H60N10O8. The van der Waals surface area contributed by atoms with Crippen LogP contribution in [-0.2, 0) is 25.7 Å². The second kappa shape index (κ2) is 19.5. The summed E-state index contributed by atoms with van der Waals surface area (Å²) in [4.78, 5) is 69.0. The number of hydrogen-bond donors (Lipinski definition) is 6. The molecule has 2 saturated heterocycles. The van der Waals surface area contributed by atoms with Gasteiger partial charge in [-0.25, -0.2) is 9.59 Å². The van der Waals surface area contributed by atoms with Crippen LogP contribution in [0.2, 0.25) is 0 Å². The monoisotopic (exact) mass is 868 g/mol. The number of fused-ring (bicyclic) bond motifs is 3. The number of rotatable bonds is 15. The number of piperidine rings is 1. The molecule has 2 aromatic carbocycles. The van der Waals surface area contributed by atoms with Crippen LogP contribution in [0.4, 0.5) is 26.8 Å². The number of urea groups is 1. The number of ether oxygens (including phenoxy) is 2. The van der Waals surface area contributed by atoms with Gasteiger partial charge < -0.3 is 51.4 Å². The fourth-order valence-corrected chi connectivity index (χ4v) is 8.67. The number of primary amides is 1. The summed E-state index contributed by atoms with van der Waals surface area (Å²) in [6, 6.07) is 15.4. The maximum Gasteiger partial charge on any atom is 0.410 e. The summed E-state index contributed by atoms with van der Waals surface area (Å²) in [6.45, 7) is 12.1. The molecular weight excluding hydrogens is 809 g/mol. The molecule has 3 aliphatic heterocycles. The molecule has 1 saturated carbocycles. The van der Waals surface area contributed by atoms with Gasteiger partial charge in [-0.3, -0.25) is 19.3 Å². The van der Waals surface area contributed by atoms with Gasteiger partial charge in [0, 0.05) is 63.6 Å². The zero-order valence-electron chi connectivity index (χ0n) is 36.4. The van der Waals surface area contributed by atoms with Crippen LogP contribution in [-0.4, -0.2) is 125 Å². The molecule has 2 atom stereocenters. The van der Waals surface area contributed by atoms with Crippen LogP contribution in [0.3, 0.4) is 0 Å². The predicted octanol–water partition coefficient (Wildman–Crippen LogP) is 4.41. The molecule has 0 spiro atoms. The normalized spacial score (nSPS) is 18.9. The Balaban J connectivity index is 0.933. The van der Waals surface area contributed by atoms with E-state index in [1.165, 1.54) is 0 Å². The van der Waals surface area contributed by atoms with Gasteiger partial charge in [0.1, 0.15) is 29.4 Å². The summed E-state index contributed by atoms with van der Waals surface area (Å²) in [5, 5.41) is 30.4. The average Bonchev–Trinajstić information content (AvgIpc) is 3.23. The minimum atomic E-state index is -1.54. The average molecular weight is 869 g/mol. The second-order valence-corrected chi connectivity index (χ2v) is 18.0. The number of carbonyl (C=O) groups excluding carboxylic acids is 4. The van der Waals surface area contributed by atoms with Crippen LogP contribution in [0.1, 0.15) is 71.3 Å². The SMILES string of the molecule is CC(C)(C)OC(=O)N1CCC(CN2CCN3c4cc(-c5ccccc5OCc5ccc(NC(=O)[C@H](CCCNC(N)=O)NC(=O)C6(C(=O)O)CCC6)cc5)nnc4NC[C@H]3C2)CC1. The van der Waals surface area contributed by atoms with Crippen LogP contribution in [0.15, 0.2) is 54.6 Å². The van der Waals surface area contributed by atoms with Crippen molar-refractivity contribution < 1.29 is 38.6 Å². The first-order valence-electron chi connectivity index (χ1n) is 22.0. The summed E-state index contributed by atoms with van der Waals surface area (Å²) in [6.07, 6.45) is 3.23. The predicted molar refractivity (Wildman–Crippen MR) is 236 cm³/mol. The van der Waals surface area contributed by atoms with Crippen molar-refractivity contribution in [1.29, 1.82) is 0 Å². The number of carboxylic acids is 1. The Bertz CT molecular complexity index is 2130. The molecule has 0 unspecified atom stereocenters. The number of nitrogens with zero attached hydrogens (tertiary/aromatic N) is 5. The number of benzene rings is 2. The first-order valence-corrected chi connectivity index (χ1v) is 22.0. The maximum absolute atomic E-state index is 13.4. The number of nitrogens with two attached hydrogens (primary N) is 1. The van der Waals surface area contributed by atoms with Crippen LogP contribution in [0.25, 0.3) is 11.3 Å². The molecule has 7 N–H and O–H groups in total. The lowest BCUT2D eigenvalue weighted by Gasteiger charge is -2.47.